The number of fused-ring (bicyclic) bond motifs is 1. The molecule has 2 amide bonds. The second-order valence-corrected chi connectivity index (χ2v) is 12.2. The zero-order valence-electron chi connectivity index (χ0n) is 19.0. The van der Waals surface area contributed by atoms with E-state index in [0.29, 0.717) is 31.0 Å². The van der Waals surface area contributed by atoms with Gasteiger partial charge >= 0.3 is 0 Å². The topological polar surface area (TPSA) is 90.0 Å². The second kappa shape index (κ2) is 8.87. The fourth-order valence-electron chi connectivity index (χ4n) is 4.95. The van der Waals surface area contributed by atoms with Crippen LogP contribution in [0.1, 0.15) is 46.5 Å². The summed E-state index contributed by atoms with van der Waals surface area (Å²) in [5.74, 6) is 0.300. The predicted molar refractivity (Wildman–Crippen MR) is 127 cm³/mol. The Morgan fingerprint density at radius 2 is 1.94 bits per heavy atom. The smallest absolute Gasteiger partial charge is 0.248 e. The number of anilines is 2. The molecule has 4 rings (SSSR count). The quantitative estimate of drug-likeness (QED) is 0.645. The highest BCUT2D eigenvalue weighted by atomic mass is 32.2. The van der Waals surface area contributed by atoms with Gasteiger partial charge in [0.2, 0.25) is 21.8 Å². The maximum Gasteiger partial charge on any atom is 0.248 e. The van der Waals surface area contributed by atoms with E-state index in [1.165, 1.54) is 4.31 Å². The van der Waals surface area contributed by atoms with E-state index in [4.69, 9.17) is 0 Å². The molecule has 3 heterocycles. The van der Waals surface area contributed by atoms with Crippen LogP contribution in [0.2, 0.25) is 0 Å². The molecule has 3 saturated heterocycles. The van der Waals surface area contributed by atoms with Gasteiger partial charge in [-0.3, -0.25) is 9.59 Å². The van der Waals surface area contributed by atoms with Gasteiger partial charge in [-0.25, -0.2) is 8.42 Å². The molecule has 10 heteroatoms. The fraction of sp³-hybridized carbons (Fsp3) is 0.636. The van der Waals surface area contributed by atoms with Crippen LogP contribution in [0.5, 0.6) is 0 Å². The number of benzene rings is 1. The number of hydrogen-bond acceptors (Lipinski definition) is 6. The summed E-state index contributed by atoms with van der Waals surface area (Å²) in [4.78, 5) is 29.5. The Bertz CT molecular complexity index is 1010. The summed E-state index contributed by atoms with van der Waals surface area (Å²) >= 11 is 1.64. The minimum absolute atomic E-state index is 0.00952. The van der Waals surface area contributed by atoms with Crippen molar-refractivity contribution in [3.8, 4) is 0 Å². The van der Waals surface area contributed by atoms with Crippen LogP contribution in [0.15, 0.2) is 23.1 Å². The summed E-state index contributed by atoms with van der Waals surface area (Å²) in [5, 5.41) is 3.00. The molecule has 1 N–H and O–H groups in total. The number of nitrogens with one attached hydrogen (secondary N) is 1. The van der Waals surface area contributed by atoms with Crippen LogP contribution in [0.25, 0.3) is 0 Å². The number of rotatable bonds is 7. The average molecular weight is 481 g/mol. The molecule has 3 aliphatic rings. The molecule has 0 radical (unpaired) electrons. The number of hydrogen-bond donors (Lipinski definition) is 1. The van der Waals surface area contributed by atoms with Gasteiger partial charge in [-0.05, 0) is 44.4 Å². The Labute approximate surface area is 194 Å². The van der Waals surface area contributed by atoms with E-state index in [0.717, 1.165) is 38.0 Å². The number of amides is 2. The minimum Gasteiger partial charge on any atom is -0.370 e. The van der Waals surface area contributed by atoms with Gasteiger partial charge in [0.15, 0.2) is 0 Å². The van der Waals surface area contributed by atoms with Crippen molar-refractivity contribution < 1.29 is 18.0 Å². The van der Waals surface area contributed by atoms with Crippen LogP contribution in [0, 0.1) is 0 Å². The highest BCUT2D eigenvalue weighted by Gasteiger charge is 2.53. The van der Waals surface area contributed by atoms with Crippen molar-refractivity contribution in [1.82, 2.24) is 9.21 Å². The summed E-state index contributed by atoms with van der Waals surface area (Å²) in [6.45, 7) is 8.13. The number of carbonyl (C=O) groups is 2. The van der Waals surface area contributed by atoms with Gasteiger partial charge in [-0.1, -0.05) is 13.8 Å². The molecule has 0 bridgehead atoms. The van der Waals surface area contributed by atoms with Gasteiger partial charge in [-0.2, -0.15) is 4.31 Å². The van der Waals surface area contributed by atoms with Crippen molar-refractivity contribution in [2.24, 2.45) is 0 Å². The molecule has 0 spiro atoms. The van der Waals surface area contributed by atoms with E-state index in [9.17, 15) is 18.0 Å². The first-order valence-electron chi connectivity index (χ1n) is 11.4. The predicted octanol–water partition coefficient (Wildman–Crippen LogP) is 2.71. The lowest BCUT2D eigenvalue weighted by atomic mass is 10.2. The maximum absolute atomic E-state index is 13.3. The van der Waals surface area contributed by atoms with Gasteiger partial charge in [0, 0.05) is 38.4 Å². The first-order chi connectivity index (χ1) is 15.2. The van der Waals surface area contributed by atoms with Crippen molar-refractivity contribution in [1.29, 1.82) is 0 Å². The molecule has 176 valence electrons. The molecule has 32 heavy (non-hydrogen) atoms. The van der Waals surface area contributed by atoms with E-state index < -0.39 is 16.1 Å². The van der Waals surface area contributed by atoms with Gasteiger partial charge in [0.25, 0.3) is 0 Å². The third-order valence-corrected chi connectivity index (χ3v) is 10.3. The number of carbonyl (C=O) groups excluding carboxylic acids is 2. The second-order valence-electron chi connectivity index (χ2n) is 8.72. The van der Waals surface area contributed by atoms with Crippen LogP contribution in [-0.2, 0) is 19.6 Å². The van der Waals surface area contributed by atoms with E-state index in [-0.39, 0.29) is 21.6 Å². The van der Waals surface area contributed by atoms with Crippen LogP contribution in [0.3, 0.4) is 0 Å². The zero-order chi connectivity index (χ0) is 23.1. The third-order valence-electron chi connectivity index (χ3n) is 6.76. The van der Waals surface area contributed by atoms with Gasteiger partial charge in [-0.15, -0.1) is 11.8 Å². The lowest BCUT2D eigenvalue weighted by Crippen LogP contribution is -2.48. The van der Waals surface area contributed by atoms with Crippen molar-refractivity contribution >= 4 is 45.0 Å². The molecule has 3 fully saturated rings. The maximum atomic E-state index is 13.3. The summed E-state index contributed by atoms with van der Waals surface area (Å²) in [6.07, 6.45) is 3.33. The highest BCUT2D eigenvalue weighted by Crippen LogP contribution is 2.47. The van der Waals surface area contributed by atoms with Crippen LogP contribution >= 0.6 is 11.8 Å². The van der Waals surface area contributed by atoms with Crippen molar-refractivity contribution in [2.75, 3.05) is 42.1 Å². The molecule has 0 aliphatic carbocycles. The number of sulfonamides is 1. The van der Waals surface area contributed by atoms with Crippen LogP contribution in [0.4, 0.5) is 11.4 Å². The number of nitrogens with zero attached hydrogens (tertiary/aromatic N) is 3. The van der Waals surface area contributed by atoms with Crippen LogP contribution < -0.4 is 10.2 Å². The monoisotopic (exact) mass is 480 g/mol. The first kappa shape index (κ1) is 23.4. The molecule has 0 aromatic heterocycles. The van der Waals surface area contributed by atoms with E-state index >= 15 is 0 Å². The number of thioether (sulfide) groups is 1. The van der Waals surface area contributed by atoms with E-state index in [1.54, 1.807) is 34.9 Å². The summed E-state index contributed by atoms with van der Waals surface area (Å²) < 4.78 is 27.6. The Hall–Kier alpha value is -1.78. The molecule has 0 unspecified atom stereocenters. The average Bonchev–Trinajstić information content (AvgIpc) is 3.47. The largest absolute Gasteiger partial charge is 0.370 e. The van der Waals surface area contributed by atoms with Gasteiger partial charge < -0.3 is 15.1 Å². The van der Waals surface area contributed by atoms with Crippen molar-refractivity contribution in [3.05, 3.63) is 18.2 Å². The summed E-state index contributed by atoms with van der Waals surface area (Å²) in [6, 6.07) is 4.45. The Kier molecular flexibility index (Phi) is 6.48. The van der Waals surface area contributed by atoms with Gasteiger partial charge in [0.05, 0.1) is 21.1 Å². The van der Waals surface area contributed by atoms with Gasteiger partial charge in [0.1, 0.15) is 6.04 Å². The molecule has 8 nitrogen and oxygen atoms in total. The molecule has 1 aromatic rings. The molecule has 3 aliphatic heterocycles. The molecular weight excluding hydrogens is 448 g/mol. The van der Waals surface area contributed by atoms with E-state index in [1.807, 2.05) is 20.8 Å². The molecule has 0 saturated carbocycles. The molecular formula is C22H32N4O4S2. The Morgan fingerprint density at radius 1 is 1.25 bits per heavy atom. The summed E-state index contributed by atoms with van der Waals surface area (Å²) in [5.41, 5.74) is 1.32. The van der Waals surface area contributed by atoms with Crippen molar-refractivity contribution in [3.63, 3.8) is 0 Å². The molecule has 2 atom stereocenters. The molecule has 1 aromatic carbocycles. The lowest BCUT2D eigenvalue weighted by Gasteiger charge is -2.30. The lowest BCUT2D eigenvalue weighted by molar-refractivity contribution is -0.135. The fourth-order valence-corrected chi connectivity index (χ4v) is 7.87. The minimum atomic E-state index is -3.66. The normalized spacial score (nSPS) is 25.6. The summed E-state index contributed by atoms with van der Waals surface area (Å²) in [7, 11) is -3.66. The van der Waals surface area contributed by atoms with Crippen LogP contribution in [-0.4, -0.2) is 72.3 Å². The Balaban J connectivity index is 1.66. The highest BCUT2D eigenvalue weighted by molar-refractivity contribution is 8.01. The first-order valence-corrected chi connectivity index (χ1v) is 13.8. The van der Waals surface area contributed by atoms with E-state index in [2.05, 4.69) is 10.2 Å². The third kappa shape index (κ3) is 4.01. The standard InChI is InChI=1S/C22H32N4O4S2/c1-4-25(5-2)32(29,30)16-8-9-18(24-12-6-7-13-24)17(14-16)23-21(28)19-15-31-22(3)11-10-20(27)26(19)22/h8-9,14,19H,4-7,10-13,15H2,1-3H3,(H,23,28)/t19-,22+/m0/s1. The zero-order valence-corrected chi connectivity index (χ0v) is 20.6. The SMILES string of the molecule is CCN(CC)S(=O)(=O)c1ccc(N2CCCC2)c(NC(=O)[C@@H]2CS[C@]3(C)CCC(=O)N23)c1. The Morgan fingerprint density at radius 3 is 2.59 bits per heavy atom. The van der Waals surface area contributed by atoms with Crippen molar-refractivity contribution in [2.45, 2.75) is 62.3 Å².